The lowest BCUT2D eigenvalue weighted by atomic mass is 10.2. The van der Waals surface area contributed by atoms with Crippen molar-refractivity contribution < 1.29 is 13.2 Å². The minimum Gasteiger partial charge on any atom is -0.351 e. The van der Waals surface area contributed by atoms with Gasteiger partial charge in [-0.2, -0.15) is 0 Å². The summed E-state index contributed by atoms with van der Waals surface area (Å²) < 4.78 is 22.7. The summed E-state index contributed by atoms with van der Waals surface area (Å²) in [5.41, 5.74) is 1.18. The molecule has 2 atom stereocenters. The zero-order valence-electron chi connectivity index (χ0n) is 11.6. The highest BCUT2D eigenvalue weighted by Gasteiger charge is 2.30. The zero-order valence-corrected chi connectivity index (χ0v) is 13.3. The van der Waals surface area contributed by atoms with E-state index in [9.17, 15) is 13.2 Å². The molecule has 1 saturated heterocycles. The van der Waals surface area contributed by atoms with Gasteiger partial charge in [0.2, 0.25) is 5.91 Å². The van der Waals surface area contributed by atoms with E-state index in [1.54, 1.807) is 0 Å². The topological polar surface area (TPSA) is 63.2 Å². The fraction of sp³-hybridized carbons (Fsp3) is 0.500. The summed E-state index contributed by atoms with van der Waals surface area (Å²) in [6.07, 6.45) is 0.524. The number of thioether (sulfide) groups is 1. The molecule has 6 heteroatoms. The van der Waals surface area contributed by atoms with Crippen LogP contribution in [0.3, 0.4) is 0 Å². The summed E-state index contributed by atoms with van der Waals surface area (Å²) in [5.74, 6) is 0.149. The van der Waals surface area contributed by atoms with Crippen LogP contribution in [0.5, 0.6) is 0 Å². The zero-order chi connectivity index (χ0) is 14.8. The van der Waals surface area contributed by atoms with Crippen LogP contribution in [0.4, 0.5) is 0 Å². The fourth-order valence-corrected chi connectivity index (χ4v) is 4.65. The van der Waals surface area contributed by atoms with Gasteiger partial charge in [0.25, 0.3) is 0 Å². The number of carbonyl (C=O) groups is 1. The highest BCUT2D eigenvalue weighted by molar-refractivity contribution is 8.00. The SMILES string of the molecule is Cc1ccc(SC(C)C(=O)NC2CCS(=O)(=O)C2)cc1. The second-order valence-corrected chi connectivity index (χ2v) is 8.82. The Hall–Kier alpha value is -1.01. The third-order valence-electron chi connectivity index (χ3n) is 3.28. The van der Waals surface area contributed by atoms with Gasteiger partial charge in [-0.15, -0.1) is 11.8 Å². The minimum absolute atomic E-state index is 0.0701. The normalized spacial score (nSPS) is 22.4. The first-order chi connectivity index (χ1) is 9.35. The van der Waals surface area contributed by atoms with Crippen LogP contribution in [-0.4, -0.2) is 37.1 Å². The van der Waals surface area contributed by atoms with Crippen molar-refractivity contribution in [3.05, 3.63) is 29.8 Å². The molecule has 1 fully saturated rings. The van der Waals surface area contributed by atoms with Gasteiger partial charge >= 0.3 is 0 Å². The van der Waals surface area contributed by atoms with Crippen LogP contribution in [0.15, 0.2) is 29.2 Å². The van der Waals surface area contributed by atoms with Gasteiger partial charge in [0.15, 0.2) is 9.84 Å². The summed E-state index contributed by atoms with van der Waals surface area (Å²) in [4.78, 5) is 13.1. The van der Waals surface area contributed by atoms with E-state index in [4.69, 9.17) is 0 Å². The summed E-state index contributed by atoms with van der Waals surface area (Å²) in [6.45, 7) is 3.86. The van der Waals surface area contributed by atoms with Crippen LogP contribution in [0.25, 0.3) is 0 Å². The average Bonchev–Trinajstić information content (AvgIpc) is 2.71. The molecule has 0 bridgehead atoms. The molecule has 1 aromatic rings. The number of nitrogens with one attached hydrogen (secondary N) is 1. The van der Waals surface area contributed by atoms with E-state index in [2.05, 4.69) is 5.32 Å². The first kappa shape index (κ1) is 15.4. The molecule has 2 rings (SSSR count). The van der Waals surface area contributed by atoms with Crippen LogP contribution in [-0.2, 0) is 14.6 Å². The first-order valence-electron chi connectivity index (χ1n) is 6.60. The van der Waals surface area contributed by atoms with Gasteiger partial charge in [-0.05, 0) is 32.4 Å². The molecule has 0 aliphatic carbocycles. The van der Waals surface area contributed by atoms with Crippen molar-refractivity contribution in [2.45, 2.75) is 36.5 Å². The van der Waals surface area contributed by atoms with Gasteiger partial charge < -0.3 is 5.32 Å². The molecule has 1 aliphatic heterocycles. The Bertz CT molecular complexity index is 581. The molecule has 0 saturated carbocycles. The molecule has 1 aliphatic rings. The van der Waals surface area contributed by atoms with Gasteiger partial charge in [0.1, 0.15) is 0 Å². The smallest absolute Gasteiger partial charge is 0.233 e. The van der Waals surface area contributed by atoms with Crippen molar-refractivity contribution in [3.8, 4) is 0 Å². The average molecular weight is 313 g/mol. The van der Waals surface area contributed by atoms with Crippen LogP contribution in [0.1, 0.15) is 18.9 Å². The molecule has 110 valence electrons. The molecule has 0 radical (unpaired) electrons. The molecule has 0 aromatic heterocycles. The van der Waals surface area contributed by atoms with E-state index < -0.39 is 9.84 Å². The highest BCUT2D eigenvalue weighted by Crippen LogP contribution is 2.24. The molecule has 1 N–H and O–H groups in total. The monoisotopic (exact) mass is 313 g/mol. The van der Waals surface area contributed by atoms with Crippen molar-refractivity contribution in [2.75, 3.05) is 11.5 Å². The summed E-state index contributed by atoms with van der Waals surface area (Å²) in [6, 6.07) is 7.77. The summed E-state index contributed by atoms with van der Waals surface area (Å²) in [7, 11) is -2.95. The lowest BCUT2D eigenvalue weighted by Gasteiger charge is -2.15. The number of hydrogen-bond acceptors (Lipinski definition) is 4. The molecule has 1 amide bonds. The van der Waals surface area contributed by atoms with Gasteiger partial charge in [-0.3, -0.25) is 4.79 Å². The summed E-state index contributed by atoms with van der Waals surface area (Å²) in [5, 5.41) is 2.59. The van der Waals surface area contributed by atoms with E-state index >= 15 is 0 Å². The number of amides is 1. The van der Waals surface area contributed by atoms with E-state index in [1.165, 1.54) is 17.3 Å². The number of aryl methyl sites for hydroxylation is 1. The van der Waals surface area contributed by atoms with Gasteiger partial charge in [-0.25, -0.2) is 8.42 Å². The van der Waals surface area contributed by atoms with Crippen molar-refractivity contribution in [1.29, 1.82) is 0 Å². The Labute approximate surface area is 124 Å². The molecule has 1 aromatic carbocycles. The Morgan fingerprint density at radius 3 is 2.55 bits per heavy atom. The predicted molar refractivity (Wildman–Crippen MR) is 81.7 cm³/mol. The molecule has 2 unspecified atom stereocenters. The van der Waals surface area contributed by atoms with Gasteiger partial charge in [-0.1, -0.05) is 17.7 Å². The van der Waals surface area contributed by atoms with Crippen LogP contribution >= 0.6 is 11.8 Å². The molecular formula is C14H19NO3S2. The first-order valence-corrected chi connectivity index (χ1v) is 9.30. The van der Waals surface area contributed by atoms with Gasteiger partial charge in [0, 0.05) is 10.9 Å². The lowest BCUT2D eigenvalue weighted by Crippen LogP contribution is -2.39. The molecule has 4 nitrogen and oxygen atoms in total. The second-order valence-electron chi connectivity index (χ2n) is 5.18. The van der Waals surface area contributed by atoms with Crippen molar-refractivity contribution >= 4 is 27.5 Å². The fourth-order valence-electron chi connectivity index (χ4n) is 2.10. The second kappa shape index (κ2) is 6.18. The Balaban J connectivity index is 1.88. The predicted octanol–water partition coefficient (Wildman–Crippen LogP) is 1.78. The number of carbonyl (C=O) groups excluding carboxylic acids is 1. The van der Waals surface area contributed by atoms with Crippen molar-refractivity contribution in [3.63, 3.8) is 0 Å². The lowest BCUT2D eigenvalue weighted by molar-refractivity contribution is -0.120. The maximum absolute atomic E-state index is 12.1. The maximum Gasteiger partial charge on any atom is 0.233 e. The number of rotatable bonds is 4. The quantitative estimate of drug-likeness (QED) is 0.861. The van der Waals surface area contributed by atoms with Crippen LogP contribution in [0, 0.1) is 6.92 Å². The van der Waals surface area contributed by atoms with E-state index in [1.807, 2.05) is 38.1 Å². The van der Waals surface area contributed by atoms with E-state index in [0.29, 0.717) is 6.42 Å². The van der Waals surface area contributed by atoms with Crippen molar-refractivity contribution in [1.82, 2.24) is 5.32 Å². The van der Waals surface area contributed by atoms with Crippen LogP contribution in [0.2, 0.25) is 0 Å². The van der Waals surface area contributed by atoms with Gasteiger partial charge in [0.05, 0.1) is 16.8 Å². The Morgan fingerprint density at radius 2 is 2.00 bits per heavy atom. The number of benzene rings is 1. The third-order valence-corrected chi connectivity index (χ3v) is 6.16. The standard InChI is InChI=1S/C14H19NO3S2/c1-10-3-5-13(6-4-10)19-11(2)14(16)15-12-7-8-20(17,18)9-12/h3-6,11-12H,7-9H2,1-2H3,(H,15,16). The molecule has 0 spiro atoms. The maximum atomic E-state index is 12.1. The van der Waals surface area contributed by atoms with Crippen molar-refractivity contribution in [2.24, 2.45) is 0 Å². The molecular weight excluding hydrogens is 294 g/mol. The van der Waals surface area contributed by atoms with E-state index in [-0.39, 0.29) is 28.7 Å². The molecule has 1 heterocycles. The minimum atomic E-state index is -2.95. The number of hydrogen-bond donors (Lipinski definition) is 1. The largest absolute Gasteiger partial charge is 0.351 e. The van der Waals surface area contributed by atoms with Crippen LogP contribution < -0.4 is 5.32 Å². The Kier molecular flexibility index (Phi) is 4.75. The highest BCUT2D eigenvalue weighted by atomic mass is 32.2. The molecule has 20 heavy (non-hydrogen) atoms. The number of sulfone groups is 1. The Morgan fingerprint density at radius 1 is 1.35 bits per heavy atom. The third kappa shape index (κ3) is 4.24. The summed E-state index contributed by atoms with van der Waals surface area (Å²) >= 11 is 1.48. The van der Waals surface area contributed by atoms with E-state index in [0.717, 1.165) is 4.90 Å².